The topological polar surface area (TPSA) is 12.7 Å². The van der Waals surface area contributed by atoms with E-state index in [9.17, 15) is 0 Å². The summed E-state index contributed by atoms with van der Waals surface area (Å²) in [5.74, 6) is 0. The average Bonchev–Trinajstić information content (AvgIpc) is 2.94. The van der Waals surface area contributed by atoms with Crippen molar-refractivity contribution in [2.75, 3.05) is 0 Å². The Labute approximate surface area is 143 Å². The van der Waals surface area contributed by atoms with Crippen molar-refractivity contribution in [2.45, 2.75) is 0 Å². The molecule has 3 heterocycles. The number of hydrogen-bond acceptors (Lipinski definition) is 0. The maximum Gasteiger partial charge on any atom is 0.169 e. The van der Waals surface area contributed by atoms with Gasteiger partial charge in [0.1, 0.15) is 14.1 Å². The second-order valence-corrected chi connectivity index (χ2v) is 6.00. The third-order valence-corrected chi connectivity index (χ3v) is 4.10. The summed E-state index contributed by atoms with van der Waals surface area (Å²) in [6, 6.07) is 12.7. The van der Waals surface area contributed by atoms with Gasteiger partial charge >= 0.3 is 0 Å². The summed E-state index contributed by atoms with van der Waals surface area (Å²) < 4.78 is 6.26. The zero-order chi connectivity index (χ0) is 16.9. The molecule has 0 saturated carbocycles. The zero-order valence-corrected chi connectivity index (χ0v) is 14.4. The van der Waals surface area contributed by atoms with E-state index >= 15 is 0 Å². The molecule has 0 aliphatic rings. The number of aryl methyl sites for hydroxylation is 2. The van der Waals surface area contributed by atoms with Crippen LogP contribution in [0.5, 0.6) is 0 Å². The number of aromatic nitrogens is 3. The van der Waals surface area contributed by atoms with E-state index in [1.165, 1.54) is 22.5 Å². The molecule has 3 aromatic rings. The van der Waals surface area contributed by atoms with Gasteiger partial charge in [-0.3, -0.25) is 0 Å². The van der Waals surface area contributed by atoms with Crippen LogP contribution in [0.1, 0.15) is 22.5 Å². The lowest BCUT2D eigenvalue weighted by Crippen LogP contribution is -2.25. The van der Waals surface area contributed by atoms with Crippen LogP contribution < -0.4 is 9.13 Å². The van der Waals surface area contributed by atoms with E-state index in [4.69, 9.17) is 0 Å². The van der Waals surface area contributed by atoms with Gasteiger partial charge < -0.3 is 4.57 Å². The molecule has 0 unspecified atom stereocenters. The largest absolute Gasteiger partial charge is 0.345 e. The highest BCUT2D eigenvalue weighted by atomic mass is 14.9. The van der Waals surface area contributed by atoms with Gasteiger partial charge in [0.15, 0.2) is 24.8 Å². The fourth-order valence-electron chi connectivity index (χ4n) is 2.49. The van der Waals surface area contributed by atoms with Crippen LogP contribution in [-0.2, 0) is 21.1 Å². The summed E-state index contributed by atoms with van der Waals surface area (Å²) in [5, 5.41) is 0. The molecule has 0 saturated heterocycles. The Balaban J connectivity index is 1.75. The van der Waals surface area contributed by atoms with Gasteiger partial charge in [0.2, 0.25) is 0 Å². The lowest BCUT2D eigenvalue weighted by molar-refractivity contribution is -0.671. The van der Waals surface area contributed by atoms with Crippen molar-refractivity contribution < 1.29 is 9.13 Å². The minimum Gasteiger partial charge on any atom is -0.345 e. The molecule has 3 aromatic heterocycles. The standard InChI is InChI=1S/C21H23N3/c1-22-14-10-18(11-15-22)4-6-20-8-9-21(24(20)3)7-5-19-12-16-23(2)17-13-19/h4-17H,1-3H3/q+2. The van der Waals surface area contributed by atoms with Crippen LogP contribution >= 0.6 is 0 Å². The molecule has 0 N–H and O–H groups in total. The molecule has 120 valence electrons. The molecule has 0 aliphatic heterocycles. The zero-order valence-electron chi connectivity index (χ0n) is 14.4. The van der Waals surface area contributed by atoms with Gasteiger partial charge in [-0.05, 0) is 35.4 Å². The smallest absolute Gasteiger partial charge is 0.169 e. The second kappa shape index (κ2) is 7.09. The quantitative estimate of drug-likeness (QED) is 0.656. The number of hydrogen-bond donors (Lipinski definition) is 0. The predicted octanol–water partition coefficient (Wildman–Crippen LogP) is 3.01. The molecule has 24 heavy (non-hydrogen) atoms. The first kappa shape index (κ1) is 15.9. The van der Waals surface area contributed by atoms with Gasteiger partial charge in [-0.1, -0.05) is 12.2 Å². The van der Waals surface area contributed by atoms with E-state index in [1.807, 2.05) is 23.2 Å². The summed E-state index contributed by atoms with van der Waals surface area (Å²) in [5.41, 5.74) is 4.76. The molecule has 0 fully saturated rings. The summed E-state index contributed by atoms with van der Waals surface area (Å²) >= 11 is 0. The molecule has 0 radical (unpaired) electrons. The minimum atomic E-state index is 1.18. The Morgan fingerprint density at radius 2 is 1.00 bits per heavy atom. The first-order chi connectivity index (χ1) is 11.6. The third kappa shape index (κ3) is 3.87. The van der Waals surface area contributed by atoms with E-state index in [0.717, 1.165) is 0 Å². The van der Waals surface area contributed by atoms with Gasteiger partial charge in [0.05, 0.1) is 0 Å². The van der Waals surface area contributed by atoms with Crippen LogP contribution in [0.2, 0.25) is 0 Å². The second-order valence-electron chi connectivity index (χ2n) is 6.00. The van der Waals surface area contributed by atoms with Gasteiger partial charge in [0.25, 0.3) is 0 Å². The lowest BCUT2D eigenvalue weighted by atomic mass is 10.2. The van der Waals surface area contributed by atoms with E-state index in [-0.39, 0.29) is 0 Å². The molecule has 0 aromatic carbocycles. The summed E-state index contributed by atoms with van der Waals surface area (Å²) in [6.07, 6.45) is 16.8. The highest BCUT2D eigenvalue weighted by Gasteiger charge is 2.00. The van der Waals surface area contributed by atoms with Crippen molar-refractivity contribution in [1.82, 2.24) is 4.57 Å². The van der Waals surface area contributed by atoms with Gasteiger partial charge in [-0.2, -0.15) is 0 Å². The highest BCUT2D eigenvalue weighted by molar-refractivity contribution is 5.72. The van der Waals surface area contributed by atoms with E-state index in [2.05, 4.69) is 97.1 Å². The van der Waals surface area contributed by atoms with Crippen molar-refractivity contribution in [1.29, 1.82) is 0 Å². The Morgan fingerprint density at radius 3 is 1.38 bits per heavy atom. The summed E-state index contributed by atoms with van der Waals surface area (Å²) in [6.45, 7) is 0. The number of nitrogens with zero attached hydrogens (tertiary/aromatic N) is 3. The number of pyridine rings is 2. The molecule has 3 rings (SSSR count). The molecule has 3 heteroatoms. The fourth-order valence-corrected chi connectivity index (χ4v) is 2.49. The van der Waals surface area contributed by atoms with E-state index < -0.39 is 0 Å². The first-order valence-electron chi connectivity index (χ1n) is 8.04. The maximum absolute atomic E-state index is 2.19. The Morgan fingerprint density at radius 1 is 0.625 bits per heavy atom. The van der Waals surface area contributed by atoms with Crippen molar-refractivity contribution in [3.05, 3.63) is 83.7 Å². The van der Waals surface area contributed by atoms with Crippen LogP contribution in [0, 0.1) is 0 Å². The maximum atomic E-state index is 2.19. The lowest BCUT2D eigenvalue weighted by Gasteiger charge is -2.01. The Kier molecular flexibility index (Phi) is 4.71. The average molecular weight is 317 g/mol. The van der Waals surface area contributed by atoms with Crippen molar-refractivity contribution in [3.63, 3.8) is 0 Å². The van der Waals surface area contributed by atoms with E-state index in [0.29, 0.717) is 0 Å². The van der Waals surface area contributed by atoms with Crippen molar-refractivity contribution >= 4 is 24.3 Å². The van der Waals surface area contributed by atoms with Crippen LogP contribution in [0.15, 0.2) is 61.2 Å². The van der Waals surface area contributed by atoms with Crippen LogP contribution in [0.25, 0.3) is 24.3 Å². The summed E-state index contributed by atoms with van der Waals surface area (Å²) in [7, 11) is 6.14. The monoisotopic (exact) mass is 317 g/mol. The fraction of sp³-hybridized carbons (Fsp3) is 0.143. The molecule has 0 bridgehead atoms. The third-order valence-electron chi connectivity index (χ3n) is 4.10. The highest BCUT2D eigenvalue weighted by Crippen LogP contribution is 2.14. The number of rotatable bonds is 4. The van der Waals surface area contributed by atoms with Crippen molar-refractivity contribution in [2.24, 2.45) is 21.1 Å². The van der Waals surface area contributed by atoms with Gasteiger partial charge in [-0.25, -0.2) is 9.13 Å². The summed E-state index contributed by atoms with van der Waals surface area (Å²) in [4.78, 5) is 0. The molecule has 0 aliphatic carbocycles. The van der Waals surface area contributed by atoms with Crippen LogP contribution in [0.3, 0.4) is 0 Å². The molecule has 0 atom stereocenters. The van der Waals surface area contributed by atoms with E-state index in [1.54, 1.807) is 0 Å². The SMILES string of the molecule is Cn1c(C=Cc2cc[n+](C)cc2)ccc1C=Cc1cc[n+](C)cc1. The molecular formula is C21H23N3+2. The molecule has 0 amide bonds. The van der Waals surface area contributed by atoms with Gasteiger partial charge in [-0.15, -0.1) is 0 Å². The van der Waals surface area contributed by atoms with Crippen LogP contribution in [-0.4, -0.2) is 4.57 Å². The normalized spacial score (nSPS) is 11.6. The first-order valence-corrected chi connectivity index (χ1v) is 8.04. The Hall–Kier alpha value is -2.94. The van der Waals surface area contributed by atoms with Gasteiger partial charge in [0, 0.05) is 42.7 Å². The Bertz CT molecular complexity index is 793. The van der Waals surface area contributed by atoms with Crippen molar-refractivity contribution in [3.8, 4) is 0 Å². The van der Waals surface area contributed by atoms with Crippen LogP contribution in [0.4, 0.5) is 0 Å². The minimum absolute atomic E-state index is 1.18. The predicted molar refractivity (Wildman–Crippen MR) is 98.5 cm³/mol. The molecular weight excluding hydrogens is 294 g/mol. The molecule has 0 spiro atoms. The molecule has 3 nitrogen and oxygen atoms in total.